The van der Waals surface area contributed by atoms with E-state index in [4.69, 9.17) is 48.0 Å². The molecule has 1 aromatic rings. The van der Waals surface area contributed by atoms with E-state index in [1.165, 1.54) is 0 Å². The first-order valence-corrected chi connectivity index (χ1v) is 27.6. The summed E-state index contributed by atoms with van der Waals surface area (Å²) in [6.45, 7) is 14.5. The molecule has 1 aromatic carbocycles. The maximum Gasteiger partial charge on any atom is 0.264 e. The number of imide groups is 2. The molecule has 0 radical (unpaired) electrons. The van der Waals surface area contributed by atoms with Gasteiger partial charge in [-0.3, -0.25) is 34.2 Å². The second-order valence-electron chi connectivity index (χ2n) is 23.4. The summed E-state index contributed by atoms with van der Waals surface area (Å²) in [6, 6.07) is 4.01. The van der Waals surface area contributed by atoms with Gasteiger partial charge in [-0.15, -0.1) is 0 Å². The molecule has 2 N–H and O–H groups in total. The van der Waals surface area contributed by atoms with E-state index in [-0.39, 0.29) is 78.6 Å². The largest absolute Gasteiger partial charge is 0.384 e. The Hall–Kier alpha value is -3.63. The third kappa shape index (κ3) is 8.96. The summed E-state index contributed by atoms with van der Waals surface area (Å²) in [7, 11) is 0. The van der Waals surface area contributed by atoms with Gasteiger partial charge >= 0.3 is 0 Å². The van der Waals surface area contributed by atoms with Crippen LogP contribution in [0, 0.1) is 47.3 Å². The van der Waals surface area contributed by atoms with E-state index in [9.17, 15) is 24.0 Å². The van der Waals surface area contributed by atoms with Gasteiger partial charge in [0.1, 0.15) is 6.04 Å². The molecule has 2 saturated carbocycles. The number of nitrogens with one attached hydrogen (secondary N) is 2. The van der Waals surface area contributed by atoms with Crippen LogP contribution in [-0.2, 0) is 62.4 Å². The summed E-state index contributed by atoms with van der Waals surface area (Å²) in [5, 5.41) is 5.57. The Morgan fingerprint density at radius 2 is 1.29 bits per heavy atom. The number of unbranched alkanes of at least 4 members (excludes halogenated alkanes) is 3. The van der Waals surface area contributed by atoms with Crippen molar-refractivity contribution in [1.29, 1.82) is 0 Å². The van der Waals surface area contributed by atoms with E-state index in [2.05, 4.69) is 38.3 Å². The predicted molar refractivity (Wildman–Crippen MR) is 257 cm³/mol. The van der Waals surface area contributed by atoms with Gasteiger partial charge in [0.25, 0.3) is 11.8 Å². The fourth-order valence-electron chi connectivity index (χ4n) is 14.8. The Morgan fingerprint density at radius 1 is 0.712 bits per heavy atom. The van der Waals surface area contributed by atoms with Crippen LogP contribution < -0.4 is 10.6 Å². The number of ether oxygens (including phenoxy) is 6. The molecule has 19 heteroatoms. The van der Waals surface area contributed by atoms with Crippen molar-refractivity contribution < 1.29 is 71.9 Å². The molecule has 13 rings (SSSR count). The Labute approximate surface area is 427 Å². The number of piperidine rings is 1. The van der Waals surface area contributed by atoms with Gasteiger partial charge in [0, 0.05) is 74.7 Å². The van der Waals surface area contributed by atoms with Crippen LogP contribution >= 0.6 is 0 Å². The van der Waals surface area contributed by atoms with Crippen molar-refractivity contribution in [3.8, 4) is 0 Å². The molecule has 10 heterocycles. The van der Waals surface area contributed by atoms with Crippen molar-refractivity contribution in [2.45, 2.75) is 192 Å². The molecule has 4 bridgehead atoms. The summed E-state index contributed by atoms with van der Waals surface area (Å²) in [4.78, 5) is 93.0. The van der Waals surface area contributed by atoms with Gasteiger partial charge in [-0.1, -0.05) is 46.6 Å². The minimum Gasteiger partial charge on any atom is -0.384 e. The molecule has 12 aliphatic rings. The average molecular weight is 1020 g/mol. The van der Waals surface area contributed by atoms with Crippen LogP contribution in [0.2, 0.25) is 0 Å². The van der Waals surface area contributed by atoms with Crippen molar-refractivity contribution in [3.63, 3.8) is 0 Å². The van der Waals surface area contributed by atoms with Gasteiger partial charge < -0.3 is 38.6 Å². The molecular formula is C54H76N4O15. The molecule has 2 spiro atoms. The van der Waals surface area contributed by atoms with Gasteiger partial charge in [0.15, 0.2) is 36.4 Å². The Kier molecular flexibility index (Phi) is 14.1. The maximum absolute atomic E-state index is 14.2. The lowest BCUT2D eigenvalue weighted by molar-refractivity contribution is -0.577. The summed E-state index contributed by atoms with van der Waals surface area (Å²) < 4.78 is 39.8. The monoisotopic (exact) mass is 1020 g/mol. The highest BCUT2D eigenvalue weighted by Gasteiger charge is 2.71. The average Bonchev–Trinajstić information content (AvgIpc) is 3.59. The number of rotatable bonds is 17. The normalized spacial score (nSPS) is 42.4. The molecule has 5 unspecified atom stereocenters. The SMILES string of the molecule is C[C@@H]1CCC2[C@@H](C)[C@@H](OCCN(CCO[C@H]3O[C@@H]4O[C@@]5(C)CCC6[C@H](C)CCC([C@H]3C)[C@]64OO5)C(=O)CCCCCCNc3cccc4c3C(=O)N(C3CCC(=O)NC3=O)C4=O)O[C@@H]3O[C@@]4(C)CCC1[C@@]23OO4. The van der Waals surface area contributed by atoms with Crippen molar-refractivity contribution in [3.05, 3.63) is 29.3 Å². The number of benzene rings is 1. The quantitative estimate of drug-likeness (QED) is 0.0942. The van der Waals surface area contributed by atoms with Crippen LogP contribution in [0.4, 0.5) is 5.69 Å². The molecular weight excluding hydrogens is 945 g/mol. The second-order valence-corrected chi connectivity index (χ2v) is 23.4. The highest BCUT2D eigenvalue weighted by molar-refractivity contribution is 6.25. The van der Waals surface area contributed by atoms with Crippen LogP contribution in [0.5, 0.6) is 0 Å². The van der Waals surface area contributed by atoms with E-state index >= 15 is 0 Å². The number of nitrogens with zero attached hydrogens (tertiary/aromatic N) is 2. The lowest BCUT2D eigenvalue weighted by atomic mass is 9.58. The molecule has 0 aromatic heterocycles. The van der Waals surface area contributed by atoms with Gasteiger partial charge in [0.05, 0.1) is 24.3 Å². The van der Waals surface area contributed by atoms with Gasteiger partial charge in [-0.2, -0.15) is 0 Å². The summed E-state index contributed by atoms with van der Waals surface area (Å²) in [5.41, 5.74) is -0.407. The zero-order chi connectivity index (χ0) is 51.0. The molecule has 9 saturated heterocycles. The van der Waals surface area contributed by atoms with E-state index in [0.29, 0.717) is 50.0 Å². The molecule has 2 aliphatic carbocycles. The van der Waals surface area contributed by atoms with Crippen LogP contribution in [0.3, 0.4) is 0 Å². The topological polar surface area (TPSA) is 208 Å². The fourth-order valence-corrected chi connectivity index (χ4v) is 14.8. The zero-order valence-electron chi connectivity index (χ0n) is 43.4. The van der Waals surface area contributed by atoms with Crippen molar-refractivity contribution in [1.82, 2.24) is 15.1 Å². The fraction of sp³-hybridized carbons (Fsp3) is 0.796. The minimum absolute atomic E-state index is 0.000961. The highest BCUT2D eigenvalue weighted by Crippen LogP contribution is 2.62. The summed E-state index contributed by atoms with van der Waals surface area (Å²) in [6.07, 6.45) is 8.57. The third-order valence-corrected chi connectivity index (χ3v) is 18.9. The number of carbonyl (C=O) groups excluding carboxylic acids is 5. The smallest absolute Gasteiger partial charge is 0.264 e. The van der Waals surface area contributed by atoms with Crippen LogP contribution in [0.15, 0.2) is 18.2 Å². The lowest BCUT2D eigenvalue weighted by Crippen LogP contribution is -2.70. The molecule has 5 amide bonds. The standard InChI is InChI=1S/C54H76N4O15/c1-30-15-17-37-32(3)47(66-49-53(37)35(30)21-23-51(5,68-49)70-72-53)64-28-26-57(27-29-65-48-33(4)38-18-16-31(2)36-22-24-52(6)69-50(67-48)54(36,38)73-71-52)42(60)14-9-7-8-10-25-55-39-13-11-12-34-43(39)46(63)58(45(34)62)40-19-20-41(59)56-44(40)61/h11-13,30-33,35-38,40,47-50,55H,7-10,14-29H2,1-6H3,(H,56,59,61)/t30-,31-,32-,33-,35?,36?,37?,38?,40?,47+,48+,49-,50-,51-,52-,53-,54-/m1/s1. The number of hydrogen-bond donors (Lipinski definition) is 2. The number of amides is 5. The summed E-state index contributed by atoms with van der Waals surface area (Å²) >= 11 is 0. The summed E-state index contributed by atoms with van der Waals surface area (Å²) in [5.74, 6) is -2.34. The number of carbonyl (C=O) groups is 5. The van der Waals surface area contributed by atoms with E-state index in [1.54, 1.807) is 18.2 Å². The van der Waals surface area contributed by atoms with Crippen LogP contribution in [0.25, 0.3) is 0 Å². The van der Waals surface area contributed by atoms with Crippen LogP contribution in [0.1, 0.15) is 159 Å². The molecule has 17 atom stereocenters. The maximum atomic E-state index is 14.2. The Morgan fingerprint density at radius 3 is 1.86 bits per heavy atom. The van der Waals surface area contributed by atoms with Crippen molar-refractivity contribution in [2.75, 3.05) is 38.2 Å². The molecule has 11 fully saturated rings. The molecule has 73 heavy (non-hydrogen) atoms. The molecule has 10 aliphatic heterocycles. The first-order valence-electron chi connectivity index (χ1n) is 27.6. The second kappa shape index (κ2) is 20.1. The van der Waals surface area contributed by atoms with Crippen molar-refractivity contribution >= 4 is 35.2 Å². The number of hydrogen-bond acceptors (Lipinski definition) is 16. The van der Waals surface area contributed by atoms with Gasteiger partial charge in [-0.25, -0.2) is 19.6 Å². The Bertz CT molecular complexity index is 2220. The van der Waals surface area contributed by atoms with E-state index < -0.39 is 77.6 Å². The first kappa shape index (κ1) is 51.5. The van der Waals surface area contributed by atoms with Crippen molar-refractivity contribution in [2.24, 2.45) is 47.3 Å². The van der Waals surface area contributed by atoms with Gasteiger partial charge in [0.2, 0.25) is 29.3 Å². The first-order chi connectivity index (χ1) is 35.1. The number of anilines is 1. The highest BCUT2D eigenvalue weighted by atomic mass is 17.3. The third-order valence-electron chi connectivity index (χ3n) is 18.9. The minimum atomic E-state index is -1.03. The lowest BCUT2D eigenvalue weighted by Gasteiger charge is -2.60. The van der Waals surface area contributed by atoms with E-state index in [0.717, 1.165) is 75.5 Å². The number of fused-ring (bicyclic) bond motifs is 5. The zero-order valence-corrected chi connectivity index (χ0v) is 43.4. The predicted octanol–water partition coefficient (Wildman–Crippen LogP) is 6.73. The molecule has 19 nitrogen and oxygen atoms in total. The van der Waals surface area contributed by atoms with E-state index in [1.807, 2.05) is 18.7 Å². The van der Waals surface area contributed by atoms with Gasteiger partial charge in [-0.05, 0) is 107 Å². The molecule has 402 valence electrons. The Balaban J connectivity index is 0.707. The van der Waals surface area contributed by atoms with Crippen LogP contribution in [-0.4, -0.2) is 126 Å².